The van der Waals surface area contributed by atoms with Crippen molar-refractivity contribution in [1.29, 1.82) is 0 Å². The zero-order chi connectivity index (χ0) is 3.58. The molecule has 0 heterocycles. The Bertz CT molecular complexity index is 29.0. The van der Waals surface area contributed by atoms with Gasteiger partial charge < -0.3 is 0 Å². The molecule has 0 N–H and O–H groups in total. The van der Waals surface area contributed by atoms with Crippen LogP contribution in [-0.2, 0) is 0 Å². The monoisotopic (exact) mass is 73.0 g/mol. The van der Waals surface area contributed by atoms with Crippen LogP contribution in [0.5, 0.6) is 0 Å². The summed E-state index contributed by atoms with van der Waals surface area (Å²) >= 11 is 0. The minimum Gasteiger partial charge on any atom is -0.170 e. The highest BCUT2D eigenvalue weighted by molar-refractivity contribution is 6.19. The van der Waals surface area contributed by atoms with Crippen molar-refractivity contribution in [1.82, 2.24) is 0 Å². The average molecular weight is 73.1 g/mol. The van der Waals surface area contributed by atoms with Gasteiger partial charge in [0.1, 0.15) is 0 Å². The third kappa shape index (κ3) is 116. The quantitative estimate of drug-likeness (QED) is 0.368. The minimum atomic E-state index is -0.528. The van der Waals surface area contributed by atoms with E-state index >= 15 is 0 Å². The van der Waals surface area contributed by atoms with E-state index < -0.39 is 5.45 Å². The van der Waals surface area contributed by atoms with E-state index in [1.165, 1.54) is 0 Å². The van der Waals surface area contributed by atoms with Gasteiger partial charge in [0, 0.05) is 0 Å². The van der Waals surface area contributed by atoms with Crippen LogP contribution in [-0.4, -0.2) is 10.2 Å². The summed E-state index contributed by atoms with van der Waals surface area (Å²) in [5.74, 6) is 0. The maximum absolute atomic E-state index is 10.7. The normalized spacial score (nSPS) is 6.25. The molecule has 0 nitrogen and oxygen atoms in total. The molecular weight excluding hydrogens is 71.1 g/mol. The first-order chi connectivity index (χ1) is 1.73. The zero-order valence-electron chi connectivity index (χ0n) is 2.09. The van der Waals surface area contributed by atoms with Crippen molar-refractivity contribution in [2.75, 3.05) is 0 Å². The van der Waals surface area contributed by atoms with Gasteiger partial charge in [-0.1, -0.05) is 0 Å². The first kappa shape index (κ1) is 3.89. The van der Waals surface area contributed by atoms with Gasteiger partial charge in [-0.05, 0) is 6.58 Å². The molecular formula is C2H2FSi+. The number of rotatable bonds is 0. The lowest BCUT2D eigenvalue weighted by Gasteiger charge is -1.37. The maximum atomic E-state index is 10.7. The van der Waals surface area contributed by atoms with Crippen LogP contribution in [0.2, 0.25) is 0 Å². The van der Waals surface area contributed by atoms with Crippen molar-refractivity contribution < 1.29 is 4.39 Å². The highest BCUT2D eigenvalue weighted by Crippen LogP contribution is 1.72. The summed E-state index contributed by atoms with van der Waals surface area (Å²) in [4.78, 5) is 0. The van der Waals surface area contributed by atoms with Crippen LogP contribution in [0.25, 0.3) is 0 Å². The Balaban J connectivity index is 2.80. The topological polar surface area (TPSA) is 0 Å². The lowest BCUT2D eigenvalue weighted by molar-refractivity contribution is 0.698. The van der Waals surface area contributed by atoms with Crippen LogP contribution in [0.15, 0.2) is 12.0 Å². The van der Waals surface area contributed by atoms with Crippen LogP contribution in [0.4, 0.5) is 4.39 Å². The summed E-state index contributed by atoms with van der Waals surface area (Å²) in [6.45, 7) is 2.80. The Morgan fingerprint density at radius 3 is 2.00 bits per heavy atom. The van der Waals surface area contributed by atoms with Crippen molar-refractivity contribution in [3.8, 4) is 0 Å². The number of halogens is 1. The molecule has 2 radical (unpaired) electrons. The first-order valence-electron chi connectivity index (χ1n) is 0.793. The molecule has 0 saturated heterocycles. The van der Waals surface area contributed by atoms with Crippen LogP contribution in [0.3, 0.4) is 0 Å². The van der Waals surface area contributed by atoms with Gasteiger partial charge >= 0.3 is 10.2 Å². The Kier molecular flexibility index (Phi) is 1.20. The molecule has 0 fully saturated rings. The van der Waals surface area contributed by atoms with Crippen molar-refractivity contribution in [2.24, 2.45) is 0 Å². The molecule has 0 aromatic carbocycles. The summed E-state index contributed by atoms with van der Waals surface area (Å²) < 4.78 is 10.7. The molecule has 0 bridgehead atoms. The molecule has 0 aromatic rings. The van der Waals surface area contributed by atoms with E-state index in [0.717, 1.165) is 0 Å². The van der Waals surface area contributed by atoms with Gasteiger partial charge in [0.2, 0.25) is 0 Å². The minimum absolute atomic E-state index is 0.528. The van der Waals surface area contributed by atoms with Crippen LogP contribution in [0, 0.1) is 0 Å². The second kappa shape index (κ2) is 1.23. The lowest BCUT2D eigenvalue weighted by atomic mass is 11.2. The predicted octanol–water partition coefficient (Wildman–Crippen LogP) is 0.596. The van der Waals surface area contributed by atoms with Gasteiger partial charge in [0.25, 0.3) is 5.45 Å². The average Bonchev–Trinajstić information content (AvgIpc) is 0.811. The fraction of sp³-hybridized carbons (Fsp3) is 0. The van der Waals surface area contributed by atoms with Crippen LogP contribution in [0.1, 0.15) is 0 Å². The summed E-state index contributed by atoms with van der Waals surface area (Å²) in [6, 6.07) is 0. The fourth-order valence-corrected chi connectivity index (χ4v) is 0. The van der Waals surface area contributed by atoms with Crippen molar-refractivity contribution in [3.63, 3.8) is 0 Å². The molecule has 0 aromatic heterocycles. The fourth-order valence-electron chi connectivity index (χ4n) is 0. The van der Waals surface area contributed by atoms with Gasteiger partial charge in [0.05, 0.1) is 0 Å². The van der Waals surface area contributed by atoms with Crippen molar-refractivity contribution in [3.05, 3.63) is 12.0 Å². The molecule has 0 rings (SSSR count). The molecule has 4 heavy (non-hydrogen) atoms. The van der Waals surface area contributed by atoms with Crippen LogP contribution >= 0.6 is 0 Å². The summed E-state index contributed by atoms with van der Waals surface area (Å²) in [7, 11) is 2.45. The van der Waals surface area contributed by atoms with Gasteiger partial charge in [-0.15, -0.1) is 0 Å². The van der Waals surface area contributed by atoms with Crippen molar-refractivity contribution >= 4 is 10.2 Å². The summed E-state index contributed by atoms with van der Waals surface area (Å²) in [5, 5.41) is 0. The standard InChI is InChI=1S/C2H2FSi/c1-2(3)4/h1H2/q+1. The summed E-state index contributed by atoms with van der Waals surface area (Å²) in [6.07, 6.45) is 0. The summed E-state index contributed by atoms with van der Waals surface area (Å²) in [5.41, 5.74) is -0.528. The second-order valence-electron chi connectivity index (χ2n) is 0.405. The van der Waals surface area contributed by atoms with Crippen molar-refractivity contribution in [2.45, 2.75) is 0 Å². The molecule has 0 aliphatic carbocycles. The van der Waals surface area contributed by atoms with E-state index in [4.69, 9.17) is 0 Å². The van der Waals surface area contributed by atoms with E-state index in [2.05, 4.69) is 16.8 Å². The Morgan fingerprint density at radius 1 is 2.00 bits per heavy atom. The van der Waals surface area contributed by atoms with Gasteiger partial charge in [-0.25, -0.2) is 0 Å². The van der Waals surface area contributed by atoms with E-state index in [0.29, 0.717) is 0 Å². The second-order valence-corrected chi connectivity index (χ2v) is 0.947. The molecule has 0 spiro atoms. The molecule has 0 aliphatic heterocycles. The molecule has 0 atom stereocenters. The third-order valence-corrected chi connectivity index (χ3v) is 0. The lowest BCUT2D eigenvalue weighted by Crippen LogP contribution is -1.53. The molecule has 0 saturated carbocycles. The highest BCUT2D eigenvalue weighted by Gasteiger charge is 1.92. The first-order valence-corrected chi connectivity index (χ1v) is 1.29. The Morgan fingerprint density at radius 2 is 2.00 bits per heavy atom. The Labute approximate surface area is 27.8 Å². The largest absolute Gasteiger partial charge is 0.788 e. The molecule has 0 aliphatic rings. The third-order valence-electron chi connectivity index (χ3n) is 0. The van der Waals surface area contributed by atoms with E-state index in [1.54, 1.807) is 0 Å². The number of hydrogen-bond donors (Lipinski definition) is 0. The SMILES string of the molecule is C=C(F)[Si+]. The van der Waals surface area contributed by atoms with Gasteiger partial charge in [-0.3, -0.25) is 0 Å². The molecule has 0 unspecified atom stereocenters. The van der Waals surface area contributed by atoms with E-state index in [-0.39, 0.29) is 0 Å². The van der Waals surface area contributed by atoms with Gasteiger partial charge in [0.15, 0.2) is 0 Å². The zero-order valence-corrected chi connectivity index (χ0v) is 3.09. The molecule has 0 amide bonds. The highest BCUT2D eigenvalue weighted by atomic mass is 28.1. The molecule has 2 heteroatoms. The van der Waals surface area contributed by atoms with E-state index in [9.17, 15) is 4.39 Å². The predicted molar refractivity (Wildman–Crippen MR) is 16.0 cm³/mol. The Hall–Kier alpha value is -0.113. The smallest absolute Gasteiger partial charge is 0.170 e. The number of hydrogen-bond acceptors (Lipinski definition) is 0. The van der Waals surface area contributed by atoms with E-state index in [1.807, 2.05) is 0 Å². The van der Waals surface area contributed by atoms with Gasteiger partial charge in [-0.2, -0.15) is 4.39 Å². The molecule has 20 valence electrons. The van der Waals surface area contributed by atoms with Crippen LogP contribution < -0.4 is 0 Å². The maximum Gasteiger partial charge on any atom is 0.788 e.